The van der Waals surface area contributed by atoms with Crippen LogP contribution in [0.1, 0.15) is 31.1 Å². The van der Waals surface area contributed by atoms with Crippen molar-refractivity contribution in [2.24, 2.45) is 0 Å². The molecule has 9 nitrogen and oxygen atoms in total. The first kappa shape index (κ1) is 30.8. The minimum absolute atomic E-state index is 0. The minimum atomic E-state index is -1.22. The van der Waals surface area contributed by atoms with Gasteiger partial charge in [-0.3, -0.25) is 0 Å². The van der Waals surface area contributed by atoms with Crippen molar-refractivity contribution in [3.05, 3.63) is 89.5 Å². The van der Waals surface area contributed by atoms with Crippen LogP contribution in [0.3, 0.4) is 0 Å². The number of carbonyl (C=O) groups is 3. The number of rotatable bonds is 6. The smallest absolute Gasteiger partial charge is 0.545 e. The summed E-state index contributed by atoms with van der Waals surface area (Å²) in [6.07, 6.45) is 0. The van der Waals surface area contributed by atoms with E-state index in [1.54, 1.807) is 54.6 Å². The molecule has 0 saturated heterocycles. The fourth-order valence-electron chi connectivity index (χ4n) is 2.44. The molecule has 0 radical (unpaired) electrons. The van der Waals surface area contributed by atoms with E-state index in [9.17, 15) is 29.7 Å². The quantitative estimate of drug-likeness (QED) is 0.380. The Balaban J connectivity index is 0.000000473. The zero-order valence-corrected chi connectivity index (χ0v) is 20.6. The Morgan fingerprint density at radius 2 is 0.706 bits per heavy atom. The Bertz CT molecular complexity index is 947. The molecular weight excluding hydrogens is 591 g/mol. The number of hydrogen-bond donors (Lipinski definition) is 0. The molecule has 0 aromatic heterocycles. The van der Waals surface area contributed by atoms with E-state index in [0.717, 1.165) is 0 Å². The van der Waals surface area contributed by atoms with E-state index in [-0.39, 0.29) is 55.3 Å². The van der Waals surface area contributed by atoms with Crippen LogP contribution in [0.5, 0.6) is 17.2 Å². The zero-order chi connectivity index (χ0) is 24.8. The summed E-state index contributed by atoms with van der Waals surface area (Å²) in [6, 6.07) is 19.0. The number of ether oxygens (including phenoxy) is 3. The molecule has 180 valence electrons. The van der Waals surface area contributed by atoms with Gasteiger partial charge in [-0.2, -0.15) is 0 Å². The van der Waals surface area contributed by atoms with Crippen LogP contribution in [0.2, 0.25) is 0 Å². The van der Waals surface area contributed by atoms with Crippen LogP contribution in [0, 0.1) is 38.6 Å². The summed E-state index contributed by atoms with van der Waals surface area (Å²) in [6.45, 7) is 0. The van der Waals surface area contributed by atoms with Crippen molar-refractivity contribution in [3.63, 3.8) is 0 Å². The molecule has 0 atom stereocenters. The van der Waals surface area contributed by atoms with Gasteiger partial charge in [0.2, 0.25) is 0 Å². The summed E-state index contributed by atoms with van der Waals surface area (Å²) in [5.74, 6) is -2.68. The second-order valence-electron chi connectivity index (χ2n) is 5.96. The van der Waals surface area contributed by atoms with Gasteiger partial charge in [0, 0.05) is 16.7 Å². The Kier molecular flexibility index (Phi) is 14.8. The molecule has 0 spiro atoms. The van der Waals surface area contributed by atoms with Crippen molar-refractivity contribution in [1.82, 2.24) is 0 Å². The summed E-state index contributed by atoms with van der Waals surface area (Å²) in [4.78, 5) is 31.2. The van der Waals surface area contributed by atoms with E-state index in [1.165, 1.54) is 39.5 Å². The van der Waals surface area contributed by atoms with E-state index in [2.05, 4.69) is 0 Å². The predicted octanol–water partition coefficient (Wildman–Crippen LogP) is 0.176. The molecule has 0 fully saturated rings. The zero-order valence-electron chi connectivity index (χ0n) is 18.4. The Morgan fingerprint density at radius 3 is 0.853 bits per heavy atom. The van der Waals surface area contributed by atoms with Crippen LogP contribution in [-0.2, 0) is 0 Å². The van der Waals surface area contributed by atoms with E-state index in [0.29, 0.717) is 17.2 Å². The van der Waals surface area contributed by atoms with E-state index in [4.69, 9.17) is 14.2 Å². The van der Waals surface area contributed by atoms with Crippen LogP contribution in [-0.4, -0.2) is 39.2 Å². The van der Waals surface area contributed by atoms with Gasteiger partial charge in [-0.05, 0) is 36.4 Å². The largest absolute Gasteiger partial charge is 3.00 e. The normalized spacial score (nSPS) is 8.91. The van der Waals surface area contributed by atoms with Crippen molar-refractivity contribution < 1.29 is 82.5 Å². The summed E-state index contributed by atoms with van der Waals surface area (Å²) in [5, 5.41) is 31.2. The summed E-state index contributed by atoms with van der Waals surface area (Å²) >= 11 is 0. The summed E-state index contributed by atoms with van der Waals surface area (Å²) in [5.41, 5.74) is 0.236. The molecule has 0 unspecified atom stereocenters. The SMILES string of the molecule is COc1ccccc1C(=O)[O-].COc1ccccc1C(=O)[O-].COc1ccccc1C(=O)[O-].[Tb+3]. The van der Waals surface area contributed by atoms with Crippen molar-refractivity contribution >= 4 is 17.9 Å². The standard InChI is InChI=1S/3C8H8O3.Tb/c3*1-11-7-5-3-2-4-6(7)8(9)10;/h3*2-5H,1H3,(H,9,10);/q;;;+3/p-3. The second kappa shape index (κ2) is 16.4. The van der Waals surface area contributed by atoms with Crippen LogP contribution >= 0.6 is 0 Å². The van der Waals surface area contributed by atoms with Crippen molar-refractivity contribution in [1.29, 1.82) is 0 Å². The maximum Gasteiger partial charge on any atom is 3.00 e. The van der Waals surface area contributed by atoms with Gasteiger partial charge in [0.15, 0.2) is 0 Å². The molecule has 0 aliphatic rings. The average molecular weight is 612 g/mol. The Hall–Kier alpha value is -3.24. The third-order valence-corrected chi connectivity index (χ3v) is 3.98. The van der Waals surface area contributed by atoms with E-state index >= 15 is 0 Å². The van der Waals surface area contributed by atoms with Gasteiger partial charge >= 0.3 is 38.6 Å². The number of aromatic carboxylic acids is 3. The Labute approximate surface area is 227 Å². The molecule has 0 N–H and O–H groups in total. The molecule has 34 heavy (non-hydrogen) atoms. The maximum absolute atomic E-state index is 10.4. The molecule has 3 rings (SSSR count). The third kappa shape index (κ3) is 9.71. The van der Waals surface area contributed by atoms with Gasteiger partial charge in [0.05, 0.1) is 39.2 Å². The number of hydrogen-bond acceptors (Lipinski definition) is 9. The topological polar surface area (TPSA) is 148 Å². The van der Waals surface area contributed by atoms with Crippen LogP contribution in [0.25, 0.3) is 0 Å². The summed E-state index contributed by atoms with van der Waals surface area (Å²) < 4.78 is 14.4. The predicted molar refractivity (Wildman–Crippen MR) is 112 cm³/mol. The number of carboxylic acids is 3. The molecule has 3 aromatic rings. The van der Waals surface area contributed by atoms with Crippen molar-refractivity contribution in [2.45, 2.75) is 0 Å². The number of benzene rings is 3. The van der Waals surface area contributed by atoms with Gasteiger partial charge in [-0.1, -0.05) is 36.4 Å². The van der Waals surface area contributed by atoms with Crippen LogP contribution < -0.4 is 29.5 Å². The average Bonchev–Trinajstić information content (AvgIpc) is 2.84. The van der Waals surface area contributed by atoms with Crippen LogP contribution in [0.4, 0.5) is 0 Å². The number of carbonyl (C=O) groups excluding carboxylic acids is 3. The minimum Gasteiger partial charge on any atom is -0.545 e. The van der Waals surface area contributed by atoms with Gasteiger partial charge in [0.1, 0.15) is 17.2 Å². The molecule has 0 aliphatic heterocycles. The molecular formula is C24H21O9Tb. The second-order valence-corrected chi connectivity index (χ2v) is 5.96. The van der Waals surface area contributed by atoms with Crippen LogP contribution in [0.15, 0.2) is 72.8 Å². The van der Waals surface area contributed by atoms with Gasteiger partial charge in [-0.15, -0.1) is 0 Å². The molecule has 10 heteroatoms. The van der Waals surface area contributed by atoms with Crippen molar-refractivity contribution in [3.8, 4) is 17.2 Å². The Morgan fingerprint density at radius 1 is 0.500 bits per heavy atom. The van der Waals surface area contributed by atoms with E-state index < -0.39 is 17.9 Å². The van der Waals surface area contributed by atoms with Crippen molar-refractivity contribution in [2.75, 3.05) is 21.3 Å². The number of carboxylic acid groups (broad SMARTS) is 3. The maximum atomic E-state index is 10.4. The molecule has 0 heterocycles. The molecule has 0 amide bonds. The molecule has 3 aromatic carbocycles. The first-order chi connectivity index (χ1) is 15.8. The number of para-hydroxylation sites is 3. The first-order valence-corrected chi connectivity index (χ1v) is 9.29. The van der Waals surface area contributed by atoms with Gasteiger partial charge < -0.3 is 43.9 Å². The fraction of sp³-hybridized carbons (Fsp3) is 0.125. The first-order valence-electron chi connectivity index (χ1n) is 9.29. The molecule has 0 aliphatic carbocycles. The fourth-order valence-corrected chi connectivity index (χ4v) is 2.44. The number of methoxy groups -OCH3 is 3. The monoisotopic (exact) mass is 612 g/mol. The summed E-state index contributed by atoms with van der Waals surface area (Å²) in [7, 11) is 4.26. The molecule has 0 saturated carbocycles. The third-order valence-electron chi connectivity index (χ3n) is 3.98. The van der Waals surface area contributed by atoms with E-state index in [1.807, 2.05) is 0 Å². The molecule has 0 bridgehead atoms. The van der Waals surface area contributed by atoms with Gasteiger partial charge in [0.25, 0.3) is 0 Å². The van der Waals surface area contributed by atoms with Gasteiger partial charge in [-0.25, -0.2) is 0 Å².